The van der Waals surface area contributed by atoms with Crippen LogP contribution in [0.3, 0.4) is 0 Å². The fraction of sp³-hybridized carbons (Fsp3) is 0.375. The largest absolute Gasteiger partial charge is 0.488 e. The second kappa shape index (κ2) is 9.17. The summed E-state index contributed by atoms with van der Waals surface area (Å²) < 4.78 is 33.1. The van der Waals surface area contributed by atoms with Crippen LogP contribution < -0.4 is 15.9 Å². The van der Waals surface area contributed by atoms with Crippen LogP contribution in [0.2, 0.25) is 0 Å². The van der Waals surface area contributed by atoms with E-state index in [1.165, 1.54) is 29.7 Å². The molecule has 1 aromatic heterocycles. The Kier molecular flexibility index (Phi) is 6.92. The van der Waals surface area contributed by atoms with E-state index in [0.717, 1.165) is 25.7 Å². The molecule has 3 N–H and O–H groups in total. The number of hydrogen-bond donors (Lipinski definition) is 2. The predicted molar refractivity (Wildman–Crippen MR) is 93.7 cm³/mol. The molecule has 2 rings (SSSR count). The van der Waals surface area contributed by atoms with Crippen LogP contribution >= 0.6 is 11.3 Å². The molecule has 0 unspecified atom stereocenters. The van der Waals surface area contributed by atoms with Crippen molar-refractivity contribution in [2.75, 3.05) is 17.8 Å². The van der Waals surface area contributed by atoms with Gasteiger partial charge in [-0.15, -0.1) is 11.3 Å². The number of halogens is 2. The van der Waals surface area contributed by atoms with Gasteiger partial charge in [0.05, 0.1) is 12.8 Å². The van der Waals surface area contributed by atoms with Gasteiger partial charge in [0.25, 0.3) is 0 Å². The van der Waals surface area contributed by atoms with Gasteiger partial charge >= 0.3 is 0 Å². The zero-order valence-corrected chi connectivity index (χ0v) is 14.2. The van der Waals surface area contributed by atoms with Gasteiger partial charge in [-0.1, -0.05) is 26.2 Å². The summed E-state index contributed by atoms with van der Waals surface area (Å²) in [5.41, 5.74) is 8.40. The number of thiazole rings is 1. The standard InChI is InChI=1S/C16H20F2N4OS/c1-2-3-4-5-6-23-15-12(17)7-11(8-13(15)18)9-20-22-16-21-14(19)10-24-16/h7-10H,2-6,19H2,1H3,(H,21,22). The van der Waals surface area contributed by atoms with E-state index >= 15 is 0 Å². The number of ether oxygens (including phenoxy) is 1. The Morgan fingerprint density at radius 2 is 2.04 bits per heavy atom. The molecule has 0 fully saturated rings. The normalized spacial score (nSPS) is 11.1. The van der Waals surface area contributed by atoms with E-state index in [2.05, 4.69) is 22.4 Å². The number of anilines is 2. The maximum absolute atomic E-state index is 14.0. The Morgan fingerprint density at radius 1 is 1.29 bits per heavy atom. The van der Waals surface area contributed by atoms with E-state index in [0.29, 0.717) is 17.6 Å². The fourth-order valence-corrected chi connectivity index (χ4v) is 2.54. The number of unbranched alkanes of at least 4 members (excludes halogenated alkanes) is 3. The summed E-state index contributed by atoms with van der Waals surface area (Å²) in [5.74, 6) is -1.45. The highest BCUT2D eigenvalue weighted by molar-refractivity contribution is 7.14. The fourth-order valence-electron chi connectivity index (χ4n) is 1.99. The molecule has 0 bridgehead atoms. The lowest BCUT2D eigenvalue weighted by Gasteiger charge is -2.09. The smallest absolute Gasteiger partial charge is 0.205 e. The minimum Gasteiger partial charge on any atom is -0.488 e. The van der Waals surface area contributed by atoms with Crippen LogP contribution in [0.15, 0.2) is 22.6 Å². The SMILES string of the molecule is CCCCCCOc1c(F)cc(C=NNc2nc(N)cs2)cc1F. The van der Waals surface area contributed by atoms with Crippen molar-refractivity contribution in [1.82, 2.24) is 4.98 Å². The molecule has 0 amide bonds. The molecule has 130 valence electrons. The van der Waals surface area contributed by atoms with Crippen LogP contribution in [0, 0.1) is 11.6 Å². The van der Waals surface area contributed by atoms with Crippen molar-refractivity contribution in [2.45, 2.75) is 32.6 Å². The van der Waals surface area contributed by atoms with E-state index < -0.39 is 11.6 Å². The summed E-state index contributed by atoms with van der Waals surface area (Å²) in [6, 6.07) is 2.34. The average Bonchev–Trinajstić information content (AvgIpc) is 2.95. The van der Waals surface area contributed by atoms with E-state index in [4.69, 9.17) is 10.5 Å². The summed E-state index contributed by atoms with van der Waals surface area (Å²) in [6.07, 6.45) is 5.24. The van der Waals surface area contributed by atoms with Gasteiger partial charge in [-0.25, -0.2) is 13.8 Å². The molecule has 0 atom stereocenters. The summed E-state index contributed by atoms with van der Waals surface area (Å²) in [5, 5.41) is 6.03. The molecule has 0 radical (unpaired) electrons. The second-order valence-electron chi connectivity index (χ2n) is 5.17. The molecule has 0 aliphatic carbocycles. The number of nitrogens with two attached hydrogens (primary N) is 1. The van der Waals surface area contributed by atoms with Crippen molar-refractivity contribution in [1.29, 1.82) is 0 Å². The highest BCUT2D eigenvalue weighted by atomic mass is 32.1. The average molecular weight is 354 g/mol. The van der Waals surface area contributed by atoms with Gasteiger partial charge < -0.3 is 10.5 Å². The van der Waals surface area contributed by atoms with E-state index in [1.54, 1.807) is 5.38 Å². The number of benzene rings is 1. The first-order valence-electron chi connectivity index (χ1n) is 7.72. The number of nitrogen functional groups attached to an aromatic ring is 1. The summed E-state index contributed by atoms with van der Waals surface area (Å²) in [6.45, 7) is 2.40. The Hall–Kier alpha value is -2.22. The third kappa shape index (κ3) is 5.45. The topological polar surface area (TPSA) is 72.5 Å². The molecule has 0 aliphatic heterocycles. The van der Waals surface area contributed by atoms with Crippen LogP contribution in [-0.2, 0) is 0 Å². The molecular formula is C16H20F2N4OS. The number of nitrogens with zero attached hydrogens (tertiary/aromatic N) is 2. The Morgan fingerprint density at radius 3 is 2.67 bits per heavy atom. The van der Waals surface area contributed by atoms with E-state index in [1.807, 2.05) is 0 Å². The zero-order valence-electron chi connectivity index (χ0n) is 13.4. The lowest BCUT2D eigenvalue weighted by atomic mass is 10.2. The summed E-state index contributed by atoms with van der Waals surface area (Å²) in [4.78, 5) is 3.95. The lowest BCUT2D eigenvalue weighted by Crippen LogP contribution is -2.03. The summed E-state index contributed by atoms with van der Waals surface area (Å²) in [7, 11) is 0. The first-order valence-corrected chi connectivity index (χ1v) is 8.60. The van der Waals surface area contributed by atoms with Crippen LogP contribution in [0.25, 0.3) is 0 Å². The van der Waals surface area contributed by atoms with Gasteiger partial charge in [-0.05, 0) is 18.6 Å². The van der Waals surface area contributed by atoms with Gasteiger partial charge in [0, 0.05) is 10.9 Å². The zero-order chi connectivity index (χ0) is 17.4. The molecule has 1 aromatic carbocycles. The molecule has 0 aliphatic rings. The number of hydrazone groups is 1. The second-order valence-corrected chi connectivity index (χ2v) is 6.03. The molecule has 2 aromatic rings. The van der Waals surface area contributed by atoms with Crippen molar-refractivity contribution in [3.63, 3.8) is 0 Å². The third-order valence-electron chi connectivity index (χ3n) is 3.16. The van der Waals surface area contributed by atoms with Gasteiger partial charge in [0.1, 0.15) is 5.82 Å². The summed E-state index contributed by atoms with van der Waals surface area (Å²) >= 11 is 1.28. The highest BCUT2D eigenvalue weighted by Gasteiger charge is 2.12. The van der Waals surface area contributed by atoms with Crippen LogP contribution in [0.5, 0.6) is 5.75 Å². The Bertz CT molecular complexity index is 667. The van der Waals surface area contributed by atoms with Crippen molar-refractivity contribution in [2.24, 2.45) is 5.10 Å². The monoisotopic (exact) mass is 354 g/mol. The Balaban J connectivity index is 1.93. The molecule has 1 heterocycles. The highest BCUT2D eigenvalue weighted by Crippen LogP contribution is 2.23. The van der Waals surface area contributed by atoms with Gasteiger partial charge in [-0.3, -0.25) is 5.43 Å². The Labute approximate surface area is 143 Å². The van der Waals surface area contributed by atoms with E-state index in [9.17, 15) is 8.78 Å². The van der Waals surface area contributed by atoms with Crippen molar-refractivity contribution in [3.05, 3.63) is 34.7 Å². The number of hydrogen-bond acceptors (Lipinski definition) is 6. The maximum Gasteiger partial charge on any atom is 0.205 e. The molecule has 0 saturated carbocycles. The number of nitrogens with one attached hydrogen (secondary N) is 1. The van der Waals surface area contributed by atoms with Gasteiger partial charge in [0.2, 0.25) is 5.13 Å². The quantitative estimate of drug-likeness (QED) is 0.397. The minimum absolute atomic E-state index is 0.278. The van der Waals surface area contributed by atoms with Gasteiger partial charge in [-0.2, -0.15) is 5.10 Å². The molecule has 0 saturated heterocycles. The minimum atomic E-state index is -0.745. The van der Waals surface area contributed by atoms with Crippen LogP contribution in [-0.4, -0.2) is 17.8 Å². The molecular weight excluding hydrogens is 334 g/mol. The third-order valence-corrected chi connectivity index (χ3v) is 3.93. The number of rotatable bonds is 9. The van der Waals surface area contributed by atoms with Crippen molar-refractivity contribution in [3.8, 4) is 5.75 Å². The lowest BCUT2D eigenvalue weighted by molar-refractivity contribution is 0.275. The molecule has 8 heteroatoms. The molecule has 5 nitrogen and oxygen atoms in total. The molecule has 0 spiro atoms. The maximum atomic E-state index is 14.0. The predicted octanol–water partition coefficient (Wildman–Crippen LogP) is 4.41. The van der Waals surface area contributed by atoms with Crippen molar-refractivity contribution < 1.29 is 13.5 Å². The van der Waals surface area contributed by atoms with Crippen LogP contribution in [0.1, 0.15) is 38.2 Å². The van der Waals surface area contributed by atoms with Crippen LogP contribution in [0.4, 0.5) is 19.7 Å². The van der Waals surface area contributed by atoms with Gasteiger partial charge in [0.15, 0.2) is 17.4 Å². The molecule has 24 heavy (non-hydrogen) atoms. The number of aromatic nitrogens is 1. The van der Waals surface area contributed by atoms with E-state index in [-0.39, 0.29) is 11.3 Å². The first-order chi connectivity index (χ1) is 11.6. The van der Waals surface area contributed by atoms with Crippen molar-refractivity contribution >= 4 is 28.5 Å². The first kappa shape index (κ1) is 18.1.